The van der Waals surface area contributed by atoms with Crippen LogP contribution in [0.5, 0.6) is 5.75 Å². The fourth-order valence-electron chi connectivity index (χ4n) is 5.91. The van der Waals surface area contributed by atoms with Crippen LogP contribution in [-0.2, 0) is 14.3 Å². The first-order valence-corrected chi connectivity index (χ1v) is 12.6. The fourth-order valence-corrected chi connectivity index (χ4v) is 5.91. The molecule has 2 amide bonds. The largest absolute Gasteiger partial charge is 0.497 e. The van der Waals surface area contributed by atoms with Gasteiger partial charge in [-0.15, -0.1) is 0 Å². The summed E-state index contributed by atoms with van der Waals surface area (Å²) in [6.45, 7) is 0. The number of carbonyl (C=O) groups excluding carboxylic acids is 4. The Kier molecular flexibility index (Phi) is 5.91. The first-order valence-electron chi connectivity index (χ1n) is 12.6. The van der Waals surface area contributed by atoms with Crippen LogP contribution in [0.3, 0.4) is 0 Å². The Balaban J connectivity index is 1.26. The fraction of sp³-hybridized carbons (Fsp3) is 0.226. The van der Waals surface area contributed by atoms with Crippen LogP contribution >= 0.6 is 0 Å². The molecule has 5 atom stereocenters. The molecule has 3 aromatic carbocycles. The van der Waals surface area contributed by atoms with E-state index in [0.717, 1.165) is 6.42 Å². The summed E-state index contributed by atoms with van der Waals surface area (Å²) in [4.78, 5) is 54.4. The lowest BCUT2D eigenvalue weighted by Gasteiger charge is -2.20. The molecule has 0 spiro atoms. The van der Waals surface area contributed by atoms with Gasteiger partial charge in [0.15, 0.2) is 6.10 Å². The third kappa shape index (κ3) is 3.91. The minimum Gasteiger partial charge on any atom is -0.497 e. The van der Waals surface area contributed by atoms with Crippen LogP contribution in [0.1, 0.15) is 38.8 Å². The van der Waals surface area contributed by atoms with Gasteiger partial charge in [-0.1, -0.05) is 48.6 Å². The Morgan fingerprint density at radius 2 is 1.47 bits per heavy atom. The smallest absolute Gasteiger partial charge is 0.339 e. The molecule has 2 bridgehead atoms. The number of ether oxygens (including phenoxy) is 2. The lowest BCUT2D eigenvalue weighted by molar-refractivity contribution is -0.123. The monoisotopic (exact) mass is 507 g/mol. The van der Waals surface area contributed by atoms with Gasteiger partial charge in [-0.05, 0) is 60.7 Å². The van der Waals surface area contributed by atoms with Crippen LogP contribution in [0.4, 0.5) is 5.69 Å². The van der Waals surface area contributed by atoms with Crippen molar-refractivity contribution in [3.8, 4) is 5.75 Å². The zero-order valence-corrected chi connectivity index (χ0v) is 20.7. The number of hydrogen-bond donors (Lipinski definition) is 0. The molecular weight excluding hydrogens is 482 g/mol. The zero-order chi connectivity index (χ0) is 26.4. The number of ketones is 1. The Morgan fingerprint density at radius 3 is 2.11 bits per heavy atom. The highest BCUT2D eigenvalue weighted by Crippen LogP contribution is 2.53. The molecule has 1 aliphatic heterocycles. The van der Waals surface area contributed by atoms with Crippen molar-refractivity contribution in [3.05, 3.63) is 108 Å². The van der Waals surface area contributed by atoms with Gasteiger partial charge in [0.05, 0.1) is 30.2 Å². The maximum absolute atomic E-state index is 13.4. The van der Waals surface area contributed by atoms with E-state index in [-0.39, 0.29) is 46.8 Å². The number of amides is 2. The number of carbonyl (C=O) groups is 4. The topological polar surface area (TPSA) is 90.0 Å². The number of nitrogens with zero attached hydrogens (tertiary/aromatic N) is 1. The van der Waals surface area contributed by atoms with Crippen molar-refractivity contribution in [2.75, 3.05) is 12.0 Å². The lowest BCUT2D eigenvalue weighted by Crippen LogP contribution is -2.33. The second kappa shape index (κ2) is 9.41. The van der Waals surface area contributed by atoms with Gasteiger partial charge in [0.1, 0.15) is 5.75 Å². The first kappa shape index (κ1) is 23.9. The summed E-state index contributed by atoms with van der Waals surface area (Å²) in [5.74, 6) is -1.45. The highest BCUT2D eigenvalue weighted by molar-refractivity contribution is 6.23. The van der Waals surface area contributed by atoms with E-state index in [0.29, 0.717) is 22.6 Å². The minimum absolute atomic E-state index is 0.0928. The number of esters is 1. The summed E-state index contributed by atoms with van der Waals surface area (Å²) in [6.07, 6.45) is 3.74. The average Bonchev–Trinajstić information content (AvgIpc) is 3.65. The van der Waals surface area contributed by atoms with Crippen molar-refractivity contribution >= 4 is 29.3 Å². The van der Waals surface area contributed by atoms with Crippen molar-refractivity contribution in [3.63, 3.8) is 0 Å². The predicted molar refractivity (Wildman–Crippen MR) is 139 cm³/mol. The first-order chi connectivity index (χ1) is 18.5. The molecule has 7 heteroatoms. The summed E-state index contributed by atoms with van der Waals surface area (Å²) in [7, 11) is 1.54. The van der Waals surface area contributed by atoms with Crippen molar-refractivity contribution in [1.82, 2.24) is 0 Å². The molecule has 2 aliphatic carbocycles. The minimum atomic E-state index is -1.18. The molecular formula is C31H25NO6. The molecule has 1 saturated heterocycles. The van der Waals surface area contributed by atoms with Gasteiger partial charge >= 0.3 is 5.97 Å². The summed E-state index contributed by atoms with van der Waals surface area (Å²) in [5.41, 5.74) is 1.37. The van der Waals surface area contributed by atoms with E-state index in [1.807, 2.05) is 18.2 Å². The normalized spacial score (nSPS) is 23.9. The van der Waals surface area contributed by atoms with E-state index < -0.39 is 12.1 Å². The van der Waals surface area contributed by atoms with Gasteiger partial charge in [0.2, 0.25) is 17.6 Å². The van der Waals surface area contributed by atoms with Gasteiger partial charge in [-0.3, -0.25) is 14.4 Å². The van der Waals surface area contributed by atoms with Gasteiger partial charge in [-0.2, -0.15) is 0 Å². The van der Waals surface area contributed by atoms with Crippen LogP contribution in [0, 0.1) is 23.7 Å². The zero-order valence-electron chi connectivity index (χ0n) is 20.7. The van der Waals surface area contributed by atoms with Crippen molar-refractivity contribution in [1.29, 1.82) is 0 Å². The second-order valence-corrected chi connectivity index (χ2v) is 9.85. The highest BCUT2D eigenvalue weighted by atomic mass is 16.5. The summed E-state index contributed by atoms with van der Waals surface area (Å²) in [6, 6.07) is 21.6. The predicted octanol–water partition coefficient (Wildman–Crippen LogP) is 4.79. The Morgan fingerprint density at radius 1 is 0.816 bits per heavy atom. The lowest BCUT2D eigenvalue weighted by atomic mass is 9.85. The van der Waals surface area contributed by atoms with Crippen molar-refractivity contribution in [2.45, 2.75) is 12.5 Å². The van der Waals surface area contributed by atoms with Crippen LogP contribution in [0.25, 0.3) is 0 Å². The number of methoxy groups -OCH3 is 1. The molecule has 0 aromatic heterocycles. The Hall–Kier alpha value is -4.52. The van der Waals surface area contributed by atoms with Crippen molar-refractivity contribution < 1.29 is 28.7 Å². The standard InChI is InChI=1S/C31H25NO6/c1-37-24-14-12-18(13-15-24)27(33)28(19-6-3-2-4-7-19)38-31(36)22-8-5-9-23(17-22)32-29(34)25-20-10-11-21(16-20)26(25)30(32)35/h2-15,17,20-21,25-26,28H,16H2,1H3. The molecule has 1 heterocycles. The van der Waals surface area contributed by atoms with E-state index in [4.69, 9.17) is 9.47 Å². The molecule has 3 aromatic rings. The number of fused-ring (bicyclic) bond motifs is 5. The molecule has 1 saturated carbocycles. The average molecular weight is 508 g/mol. The Bertz CT molecular complexity index is 1430. The van der Waals surface area contributed by atoms with Crippen molar-refractivity contribution in [2.24, 2.45) is 23.7 Å². The SMILES string of the molecule is COc1ccc(C(=O)C(OC(=O)c2cccc(N3C(=O)C4C5C=CC(C5)C4C3=O)c2)c2ccccc2)cc1. The molecule has 38 heavy (non-hydrogen) atoms. The van der Waals surface area contributed by atoms with E-state index in [9.17, 15) is 19.2 Å². The number of hydrogen-bond acceptors (Lipinski definition) is 6. The van der Waals surface area contributed by atoms with Crippen LogP contribution in [0.15, 0.2) is 91.0 Å². The number of anilines is 1. The molecule has 2 fully saturated rings. The summed E-state index contributed by atoms with van der Waals surface area (Å²) < 4.78 is 10.9. The number of allylic oxidation sites excluding steroid dienone is 2. The number of imide groups is 1. The number of Topliss-reactive ketones (excluding diaryl/α,β-unsaturated/α-hetero) is 1. The van der Waals surface area contributed by atoms with E-state index in [1.54, 1.807) is 66.7 Å². The van der Waals surface area contributed by atoms with Gasteiger partial charge in [-0.25, -0.2) is 9.69 Å². The third-order valence-corrected chi connectivity index (χ3v) is 7.75. The Labute approximate surface area is 219 Å². The van der Waals surface area contributed by atoms with E-state index in [1.165, 1.54) is 18.1 Å². The quantitative estimate of drug-likeness (QED) is 0.198. The van der Waals surface area contributed by atoms with Gasteiger partial charge in [0.25, 0.3) is 0 Å². The van der Waals surface area contributed by atoms with E-state index in [2.05, 4.69) is 0 Å². The van der Waals surface area contributed by atoms with Crippen LogP contribution in [0.2, 0.25) is 0 Å². The molecule has 6 rings (SSSR count). The molecule has 0 N–H and O–H groups in total. The molecule has 3 aliphatic rings. The second-order valence-electron chi connectivity index (χ2n) is 9.85. The number of rotatable bonds is 7. The third-order valence-electron chi connectivity index (χ3n) is 7.75. The van der Waals surface area contributed by atoms with E-state index >= 15 is 0 Å². The molecule has 7 nitrogen and oxygen atoms in total. The summed E-state index contributed by atoms with van der Waals surface area (Å²) in [5, 5.41) is 0. The molecule has 0 radical (unpaired) electrons. The molecule has 190 valence electrons. The number of benzene rings is 3. The molecule has 5 unspecified atom stereocenters. The van der Waals surface area contributed by atoms with Gasteiger partial charge < -0.3 is 9.47 Å². The maximum atomic E-state index is 13.4. The summed E-state index contributed by atoms with van der Waals surface area (Å²) >= 11 is 0. The highest BCUT2D eigenvalue weighted by Gasteiger charge is 2.59. The maximum Gasteiger partial charge on any atom is 0.339 e. The van der Waals surface area contributed by atoms with Crippen LogP contribution in [-0.4, -0.2) is 30.7 Å². The van der Waals surface area contributed by atoms with Gasteiger partial charge in [0, 0.05) is 11.1 Å². The van der Waals surface area contributed by atoms with Crippen LogP contribution < -0.4 is 9.64 Å².